The lowest BCUT2D eigenvalue weighted by Gasteiger charge is -2.43. The number of primary amides is 1. The van der Waals surface area contributed by atoms with Crippen molar-refractivity contribution in [2.75, 3.05) is 19.0 Å². The van der Waals surface area contributed by atoms with Crippen LogP contribution < -0.4 is 15.8 Å². The van der Waals surface area contributed by atoms with Crippen LogP contribution in [0.25, 0.3) is 0 Å². The Morgan fingerprint density at radius 1 is 1.38 bits per heavy atom. The van der Waals surface area contributed by atoms with Gasteiger partial charge < -0.3 is 15.8 Å². The van der Waals surface area contributed by atoms with Crippen molar-refractivity contribution in [1.29, 1.82) is 0 Å². The van der Waals surface area contributed by atoms with Gasteiger partial charge in [0.2, 0.25) is 0 Å². The molecule has 1 aliphatic rings. The van der Waals surface area contributed by atoms with Crippen molar-refractivity contribution in [3.8, 4) is 5.75 Å². The molecular formula is C17H19ClN4O2. The fourth-order valence-corrected chi connectivity index (χ4v) is 3.31. The van der Waals surface area contributed by atoms with Gasteiger partial charge in [0.25, 0.3) is 5.91 Å². The first-order chi connectivity index (χ1) is 11.6. The number of rotatable bonds is 6. The van der Waals surface area contributed by atoms with Crippen molar-refractivity contribution in [3.63, 3.8) is 0 Å². The number of para-hydroxylation sites is 1. The molecular weight excluding hydrogens is 328 g/mol. The quantitative estimate of drug-likeness (QED) is 0.839. The SMILES string of the molecule is COc1ccccc1C1(CNc2nnc(Cl)cc2C(N)=O)CCC1. The highest BCUT2D eigenvalue weighted by molar-refractivity contribution is 6.29. The van der Waals surface area contributed by atoms with Crippen molar-refractivity contribution >= 4 is 23.3 Å². The van der Waals surface area contributed by atoms with Gasteiger partial charge in [-0.05, 0) is 25.0 Å². The van der Waals surface area contributed by atoms with Crippen LogP contribution in [0.1, 0.15) is 35.2 Å². The van der Waals surface area contributed by atoms with Gasteiger partial charge >= 0.3 is 0 Å². The minimum absolute atomic E-state index is 0.0527. The van der Waals surface area contributed by atoms with Crippen LogP contribution >= 0.6 is 11.6 Å². The van der Waals surface area contributed by atoms with Crippen molar-refractivity contribution in [1.82, 2.24) is 10.2 Å². The molecule has 1 aliphatic carbocycles. The molecule has 0 atom stereocenters. The number of nitrogens with one attached hydrogen (secondary N) is 1. The van der Waals surface area contributed by atoms with Crippen LogP contribution in [0.4, 0.5) is 5.82 Å². The van der Waals surface area contributed by atoms with Crippen molar-refractivity contribution in [3.05, 3.63) is 46.6 Å². The maximum absolute atomic E-state index is 11.6. The molecule has 3 rings (SSSR count). The lowest BCUT2D eigenvalue weighted by atomic mass is 9.64. The van der Waals surface area contributed by atoms with E-state index in [2.05, 4.69) is 21.6 Å². The Hall–Kier alpha value is -2.34. The standard InChI is InChI=1S/C17H19ClN4O2/c1-24-13-6-3-2-5-12(13)17(7-4-8-17)10-20-16-11(15(19)23)9-14(18)21-22-16/h2-3,5-6,9H,4,7-8,10H2,1H3,(H2,19,23)(H,20,22). The highest BCUT2D eigenvalue weighted by Gasteiger charge is 2.40. The van der Waals surface area contributed by atoms with Gasteiger partial charge in [-0.2, -0.15) is 0 Å². The number of halogens is 1. The van der Waals surface area contributed by atoms with Crippen LogP contribution in [0, 0.1) is 0 Å². The summed E-state index contributed by atoms with van der Waals surface area (Å²) in [5.41, 5.74) is 6.75. The number of methoxy groups -OCH3 is 1. The number of amides is 1. The van der Waals surface area contributed by atoms with E-state index in [1.165, 1.54) is 6.07 Å². The molecule has 126 valence electrons. The molecule has 1 aromatic carbocycles. The number of nitrogens with zero attached hydrogens (tertiary/aromatic N) is 2. The predicted molar refractivity (Wildman–Crippen MR) is 92.6 cm³/mol. The van der Waals surface area contributed by atoms with Crippen LogP contribution in [-0.4, -0.2) is 29.8 Å². The monoisotopic (exact) mass is 346 g/mol. The van der Waals surface area contributed by atoms with Gasteiger partial charge in [-0.1, -0.05) is 36.2 Å². The maximum atomic E-state index is 11.6. The summed E-state index contributed by atoms with van der Waals surface area (Å²) >= 11 is 5.80. The number of anilines is 1. The first-order valence-corrected chi connectivity index (χ1v) is 8.14. The lowest BCUT2D eigenvalue weighted by molar-refractivity contribution is 0.100. The molecule has 1 heterocycles. The van der Waals surface area contributed by atoms with Gasteiger partial charge in [-0.25, -0.2) is 0 Å². The number of benzene rings is 1. The molecule has 7 heteroatoms. The molecule has 1 aromatic heterocycles. The summed E-state index contributed by atoms with van der Waals surface area (Å²) in [6.07, 6.45) is 3.22. The second kappa shape index (κ2) is 6.65. The summed E-state index contributed by atoms with van der Waals surface area (Å²) in [5, 5.41) is 11.1. The Balaban J connectivity index is 1.86. The van der Waals surface area contributed by atoms with E-state index in [4.69, 9.17) is 22.1 Å². The first kappa shape index (κ1) is 16.5. The highest BCUT2D eigenvalue weighted by Crippen LogP contribution is 2.47. The normalized spacial score (nSPS) is 15.4. The summed E-state index contributed by atoms with van der Waals surface area (Å²) in [5.74, 6) is 0.638. The van der Waals surface area contributed by atoms with E-state index >= 15 is 0 Å². The third kappa shape index (κ3) is 3.01. The smallest absolute Gasteiger partial charge is 0.252 e. The van der Waals surface area contributed by atoms with Gasteiger partial charge in [0.15, 0.2) is 11.0 Å². The third-order valence-electron chi connectivity index (χ3n) is 4.61. The van der Waals surface area contributed by atoms with E-state index in [1.807, 2.05) is 18.2 Å². The predicted octanol–water partition coefficient (Wildman–Crippen LogP) is 2.77. The van der Waals surface area contributed by atoms with Crippen LogP contribution in [0.15, 0.2) is 30.3 Å². The van der Waals surface area contributed by atoms with Crippen molar-refractivity contribution in [2.45, 2.75) is 24.7 Å². The van der Waals surface area contributed by atoms with Crippen molar-refractivity contribution < 1.29 is 9.53 Å². The number of carbonyl (C=O) groups is 1. The number of hydrogen-bond acceptors (Lipinski definition) is 5. The average Bonchev–Trinajstić information content (AvgIpc) is 2.55. The number of nitrogens with two attached hydrogens (primary N) is 1. The number of aromatic nitrogens is 2. The van der Waals surface area contributed by atoms with Gasteiger partial charge in [0.05, 0.1) is 12.7 Å². The molecule has 2 aromatic rings. The second-order valence-corrected chi connectivity index (χ2v) is 6.37. The molecule has 0 saturated heterocycles. The molecule has 3 N–H and O–H groups in total. The van der Waals surface area contributed by atoms with E-state index < -0.39 is 5.91 Å². The summed E-state index contributed by atoms with van der Waals surface area (Å²) in [4.78, 5) is 11.6. The second-order valence-electron chi connectivity index (χ2n) is 5.98. The lowest BCUT2D eigenvalue weighted by Crippen LogP contribution is -2.41. The Morgan fingerprint density at radius 2 is 2.12 bits per heavy atom. The van der Waals surface area contributed by atoms with Crippen LogP contribution in [0.5, 0.6) is 5.75 Å². The molecule has 1 amide bonds. The number of hydrogen-bond donors (Lipinski definition) is 2. The zero-order chi connectivity index (χ0) is 17.2. The molecule has 1 fully saturated rings. The minimum atomic E-state index is -0.589. The summed E-state index contributed by atoms with van der Waals surface area (Å²) in [7, 11) is 1.68. The largest absolute Gasteiger partial charge is 0.496 e. The Bertz CT molecular complexity index is 762. The number of carbonyl (C=O) groups excluding carboxylic acids is 1. The van der Waals surface area contributed by atoms with E-state index in [0.29, 0.717) is 12.4 Å². The Morgan fingerprint density at radius 3 is 2.75 bits per heavy atom. The molecule has 24 heavy (non-hydrogen) atoms. The molecule has 0 unspecified atom stereocenters. The minimum Gasteiger partial charge on any atom is -0.496 e. The first-order valence-electron chi connectivity index (χ1n) is 7.76. The zero-order valence-corrected chi connectivity index (χ0v) is 14.1. The van der Waals surface area contributed by atoms with Crippen LogP contribution in [0.3, 0.4) is 0 Å². The highest BCUT2D eigenvalue weighted by atomic mass is 35.5. The molecule has 6 nitrogen and oxygen atoms in total. The molecule has 0 spiro atoms. The molecule has 0 bridgehead atoms. The van der Waals surface area contributed by atoms with E-state index in [1.54, 1.807) is 7.11 Å². The Labute approximate surface area is 145 Å². The fourth-order valence-electron chi connectivity index (χ4n) is 3.17. The van der Waals surface area contributed by atoms with Crippen molar-refractivity contribution in [2.24, 2.45) is 5.73 Å². The maximum Gasteiger partial charge on any atom is 0.252 e. The van der Waals surface area contributed by atoms with E-state index in [0.717, 1.165) is 30.6 Å². The van der Waals surface area contributed by atoms with Gasteiger partial charge in [0.1, 0.15) is 5.75 Å². The summed E-state index contributed by atoms with van der Waals surface area (Å²) in [6, 6.07) is 9.44. The molecule has 0 radical (unpaired) electrons. The zero-order valence-electron chi connectivity index (χ0n) is 13.4. The van der Waals surface area contributed by atoms with Crippen LogP contribution in [-0.2, 0) is 5.41 Å². The topological polar surface area (TPSA) is 90.1 Å². The van der Waals surface area contributed by atoms with Crippen LogP contribution in [0.2, 0.25) is 5.15 Å². The van der Waals surface area contributed by atoms with Gasteiger partial charge in [-0.15, -0.1) is 10.2 Å². The number of ether oxygens (including phenoxy) is 1. The third-order valence-corrected chi connectivity index (χ3v) is 4.80. The molecule has 1 saturated carbocycles. The fraction of sp³-hybridized carbons (Fsp3) is 0.353. The van der Waals surface area contributed by atoms with E-state index in [-0.39, 0.29) is 16.1 Å². The summed E-state index contributed by atoms with van der Waals surface area (Å²) in [6.45, 7) is 0.615. The van der Waals surface area contributed by atoms with E-state index in [9.17, 15) is 4.79 Å². The summed E-state index contributed by atoms with van der Waals surface area (Å²) < 4.78 is 5.51. The van der Waals surface area contributed by atoms with Gasteiger partial charge in [-0.3, -0.25) is 4.79 Å². The molecule has 0 aliphatic heterocycles. The van der Waals surface area contributed by atoms with Gasteiger partial charge in [0, 0.05) is 17.5 Å². The Kier molecular flexibility index (Phi) is 4.57. The average molecular weight is 347 g/mol.